The highest BCUT2D eigenvalue weighted by molar-refractivity contribution is 6.32. The van der Waals surface area contributed by atoms with Crippen molar-refractivity contribution in [3.63, 3.8) is 0 Å². The second-order valence-electron chi connectivity index (χ2n) is 6.43. The summed E-state index contributed by atoms with van der Waals surface area (Å²) >= 11 is 6.06. The summed E-state index contributed by atoms with van der Waals surface area (Å²) in [6.07, 6.45) is 3.21. The number of nitrogens with one attached hydrogen (secondary N) is 1. The fourth-order valence-electron chi connectivity index (χ4n) is 3.09. The van der Waals surface area contributed by atoms with E-state index < -0.39 is 0 Å². The van der Waals surface area contributed by atoms with E-state index in [0.29, 0.717) is 17.3 Å². The van der Waals surface area contributed by atoms with Gasteiger partial charge in [0.25, 0.3) is 0 Å². The summed E-state index contributed by atoms with van der Waals surface area (Å²) in [5, 5.41) is 3.51. The highest BCUT2D eigenvalue weighted by Gasteiger charge is 2.18. The first kappa shape index (κ1) is 19.4. The highest BCUT2D eigenvalue weighted by atomic mass is 35.5. The van der Waals surface area contributed by atoms with Crippen LogP contribution in [-0.2, 0) is 4.79 Å². The largest absolute Gasteiger partial charge is 0.367 e. The third-order valence-corrected chi connectivity index (χ3v) is 4.96. The van der Waals surface area contributed by atoms with Crippen LogP contribution in [0.25, 0.3) is 6.08 Å². The van der Waals surface area contributed by atoms with Crippen LogP contribution in [0.5, 0.6) is 0 Å². The summed E-state index contributed by atoms with van der Waals surface area (Å²) in [7, 11) is 0. The molecule has 1 fully saturated rings. The van der Waals surface area contributed by atoms with Gasteiger partial charge in [-0.25, -0.2) is 4.39 Å². The number of anilines is 1. The lowest BCUT2D eigenvalue weighted by molar-refractivity contribution is -0.116. The van der Waals surface area contributed by atoms with Crippen LogP contribution in [0, 0.1) is 5.82 Å². The second-order valence-corrected chi connectivity index (χ2v) is 6.83. The summed E-state index contributed by atoms with van der Waals surface area (Å²) in [5.41, 5.74) is 1.48. The van der Waals surface area contributed by atoms with Crippen molar-refractivity contribution in [2.45, 2.75) is 0 Å². The minimum Gasteiger partial charge on any atom is -0.367 e. The lowest BCUT2D eigenvalue weighted by Gasteiger charge is -2.36. The SMILES string of the molecule is O=C(/C=C/c1ccccc1Cl)NCCN1CCN(c2ccccc2F)CC1. The van der Waals surface area contributed by atoms with Gasteiger partial charge >= 0.3 is 0 Å². The first-order valence-electron chi connectivity index (χ1n) is 9.06. The molecule has 1 aliphatic heterocycles. The molecule has 0 atom stereocenters. The number of para-hydroxylation sites is 1. The molecule has 2 aromatic carbocycles. The van der Waals surface area contributed by atoms with Crippen molar-refractivity contribution < 1.29 is 9.18 Å². The number of nitrogens with zero attached hydrogens (tertiary/aromatic N) is 2. The Balaban J connectivity index is 1.38. The molecular weight excluding hydrogens is 365 g/mol. The molecule has 142 valence electrons. The summed E-state index contributed by atoms with van der Waals surface area (Å²) in [5.74, 6) is -0.316. The fourth-order valence-corrected chi connectivity index (χ4v) is 3.29. The van der Waals surface area contributed by atoms with Crippen molar-refractivity contribution in [3.05, 3.63) is 71.0 Å². The highest BCUT2D eigenvalue weighted by Crippen LogP contribution is 2.20. The molecule has 4 nitrogen and oxygen atoms in total. The summed E-state index contributed by atoms with van der Waals surface area (Å²) < 4.78 is 13.9. The first-order valence-corrected chi connectivity index (χ1v) is 9.43. The number of hydrogen-bond acceptors (Lipinski definition) is 3. The van der Waals surface area contributed by atoms with E-state index in [9.17, 15) is 9.18 Å². The maximum absolute atomic E-state index is 13.9. The number of rotatable bonds is 6. The zero-order valence-electron chi connectivity index (χ0n) is 15.1. The molecule has 1 aliphatic rings. The van der Waals surface area contributed by atoms with Gasteiger partial charge in [-0.3, -0.25) is 9.69 Å². The lowest BCUT2D eigenvalue weighted by Crippen LogP contribution is -2.48. The quantitative estimate of drug-likeness (QED) is 0.771. The first-order chi connectivity index (χ1) is 13.1. The topological polar surface area (TPSA) is 35.6 Å². The number of carbonyl (C=O) groups is 1. The predicted molar refractivity (Wildman–Crippen MR) is 109 cm³/mol. The molecule has 0 aromatic heterocycles. The number of amides is 1. The predicted octanol–water partition coefficient (Wildman–Crippen LogP) is 3.43. The maximum Gasteiger partial charge on any atom is 0.244 e. The van der Waals surface area contributed by atoms with Crippen molar-refractivity contribution >= 4 is 29.3 Å². The van der Waals surface area contributed by atoms with Gasteiger partial charge in [0, 0.05) is 50.4 Å². The Bertz CT molecular complexity index is 804. The third kappa shape index (κ3) is 5.55. The zero-order chi connectivity index (χ0) is 19.1. The van der Waals surface area contributed by atoms with Gasteiger partial charge in [0.05, 0.1) is 5.69 Å². The molecular formula is C21H23ClFN3O. The Morgan fingerprint density at radius 3 is 2.52 bits per heavy atom. The van der Waals surface area contributed by atoms with Crippen LogP contribution in [0.4, 0.5) is 10.1 Å². The Morgan fingerprint density at radius 1 is 1.07 bits per heavy atom. The smallest absolute Gasteiger partial charge is 0.244 e. The Kier molecular flexibility index (Phi) is 6.85. The Labute approximate surface area is 164 Å². The lowest BCUT2D eigenvalue weighted by atomic mass is 10.2. The van der Waals surface area contributed by atoms with Crippen molar-refractivity contribution in [1.82, 2.24) is 10.2 Å². The molecule has 0 bridgehead atoms. The van der Waals surface area contributed by atoms with E-state index in [1.807, 2.05) is 30.3 Å². The van der Waals surface area contributed by atoms with Gasteiger partial charge in [-0.1, -0.05) is 41.9 Å². The molecule has 0 aliphatic carbocycles. The Morgan fingerprint density at radius 2 is 1.78 bits per heavy atom. The van der Waals surface area contributed by atoms with E-state index in [2.05, 4.69) is 15.1 Å². The number of carbonyl (C=O) groups excluding carboxylic acids is 1. The molecule has 1 saturated heterocycles. The van der Waals surface area contributed by atoms with Gasteiger partial charge in [-0.15, -0.1) is 0 Å². The van der Waals surface area contributed by atoms with Crippen molar-refractivity contribution in [2.75, 3.05) is 44.2 Å². The van der Waals surface area contributed by atoms with Crippen LogP contribution in [0.2, 0.25) is 5.02 Å². The van der Waals surface area contributed by atoms with Gasteiger partial charge < -0.3 is 10.2 Å². The number of piperazine rings is 1. The van der Waals surface area contributed by atoms with Crippen LogP contribution in [0.1, 0.15) is 5.56 Å². The number of halogens is 2. The van der Waals surface area contributed by atoms with Crippen LogP contribution < -0.4 is 10.2 Å². The minimum absolute atomic E-state index is 0.139. The van der Waals surface area contributed by atoms with E-state index in [1.165, 1.54) is 12.1 Å². The van der Waals surface area contributed by atoms with Gasteiger partial charge in [0.2, 0.25) is 5.91 Å². The van der Waals surface area contributed by atoms with E-state index in [-0.39, 0.29) is 11.7 Å². The Hall–Kier alpha value is -2.37. The van der Waals surface area contributed by atoms with Crippen molar-refractivity contribution in [1.29, 1.82) is 0 Å². The van der Waals surface area contributed by atoms with Gasteiger partial charge in [0.15, 0.2) is 0 Å². The summed E-state index contributed by atoms with van der Waals surface area (Å²) in [6.45, 7) is 4.60. The fraction of sp³-hybridized carbons (Fsp3) is 0.286. The maximum atomic E-state index is 13.9. The number of hydrogen-bond donors (Lipinski definition) is 1. The van der Waals surface area contributed by atoms with Crippen LogP contribution >= 0.6 is 11.6 Å². The molecule has 0 saturated carbocycles. The molecule has 6 heteroatoms. The molecule has 0 radical (unpaired) electrons. The van der Waals surface area contributed by atoms with Crippen molar-refractivity contribution in [3.8, 4) is 0 Å². The molecule has 1 N–H and O–H groups in total. The molecule has 1 heterocycles. The van der Waals surface area contributed by atoms with Crippen molar-refractivity contribution in [2.24, 2.45) is 0 Å². The molecule has 0 spiro atoms. The standard InChI is InChI=1S/C21H23ClFN3O/c22-18-6-2-1-5-17(18)9-10-21(27)24-11-12-25-13-15-26(16-14-25)20-8-4-3-7-19(20)23/h1-10H,11-16H2,(H,24,27)/b10-9+. The van der Waals surface area contributed by atoms with Gasteiger partial charge in [0.1, 0.15) is 5.82 Å². The van der Waals surface area contributed by atoms with E-state index >= 15 is 0 Å². The van der Waals surface area contributed by atoms with E-state index in [4.69, 9.17) is 11.6 Å². The third-order valence-electron chi connectivity index (χ3n) is 4.61. The van der Waals surface area contributed by atoms with E-state index in [1.54, 1.807) is 18.2 Å². The summed E-state index contributed by atoms with van der Waals surface area (Å²) in [4.78, 5) is 16.3. The molecule has 27 heavy (non-hydrogen) atoms. The van der Waals surface area contributed by atoms with Gasteiger partial charge in [-0.2, -0.15) is 0 Å². The monoisotopic (exact) mass is 387 g/mol. The van der Waals surface area contributed by atoms with Crippen LogP contribution in [-0.4, -0.2) is 50.1 Å². The summed E-state index contributed by atoms with van der Waals surface area (Å²) in [6, 6.07) is 14.3. The minimum atomic E-state index is -0.177. The molecule has 0 unspecified atom stereocenters. The molecule has 1 amide bonds. The number of benzene rings is 2. The molecule has 2 aromatic rings. The molecule has 3 rings (SSSR count). The normalized spacial score (nSPS) is 15.3. The zero-order valence-corrected chi connectivity index (χ0v) is 15.8. The van der Waals surface area contributed by atoms with E-state index in [0.717, 1.165) is 38.3 Å². The van der Waals surface area contributed by atoms with Gasteiger partial charge in [-0.05, 0) is 29.8 Å². The average molecular weight is 388 g/mol. The van der Waals surface area contributed by atoms with Crippen LogP contribution in [0.15, 0.2) is 54.6 Å². The second kappa shape index (κ2) is 9.53. The van der Waals surface area contributed by atoms with Crippen LogP contribution in [0.3, 0.4) is 0 Å². The average Bonchev–Trinajstić information content (AvgIpc) is 2.68.